The summed E-state index contributed by atoms with van der Waals surface area (Å²) in [7, 11) is 0. The Kier molecular flexibility index (Phi) is 5.98. The van der Waals surface area contributed by atoms with E-state index < -0.39 is 0 Å². The zero-order valence-electron chi connectivity index (χ0n) is 15.3. The minimum absolute atomic E-state index is 0.0105. The molecule has 0 atom stereocenters. The molecule has 0 aliphatic heterocycles. The lowest BCUT2D eigenvalue weighted by Gasteiger charge is -2.09. The quantitative estimate of drug-likeness (QED) is 0.291. The highest BCUT2D eigenvalue weighted by Gasteiger charge is 2.15. The third-order valence-electron chi connectivity index (χ3n) is 4.26. The van der Waals surface area contributed by atoms with E-state index in [1.165, 1.54) is 11.8 Å². The standard InChI is InChI=1S/C23H16ClN3OS/c24-19-13-11-16(12-14-19)20(28)15-29-23-25-21(17-7-3-1-4-8-17)22(26-27-23)18-9-5-2-6-10-18/h1-14H,15H2. The maximum atomic E-state index is 12.4. The second-order valence-corrected chi connectivity index (χ2v) is 7.62. The van der Waals surface area contributed by atoms with Crippen LogP contribution in [-0.2, 0) is 0 Å². The van der Waals surface area contributed by atoms with Gasteiger partial charge in [-0.25, -0.2) is 4.98 Å². The zero-order chi connectivity index (χ0) is 20.1. The molecule has 142 valence electrons. The fourth-order valence-electron chi connectivity index (χ4n) is 2.81. The van der Waals surface area contributed by atoms with Gasteiger partial charge in [-0.05, 0) is 24.3 Å². The first-order valence-electron chi connectivity index (χ1n) is 8.98. The minimum Gasteiger partial charge on any atom is -0.293 e. The number of hydrogen-bond donors (Lipinski definition) is 0. The van der Waals surface area contributed by atoms with Crippen LogP contribution in [0.5, 0.6) is 0 Å². The first-order chi connectivity index (χ1) is 14.2. The van der Waals surface area contributed by atoms with E-state index in [-0.39, 0.29) is 11.5 Å². The van der Waals surface area contributed by atoms with Crippen molar-refractivity contribution in [2.75, 3.05) is 5.75 Å². The van der Waals surface area contributed by atoms with Gasteiger partial charge in [-0.1, -0.05) is 84.0 Å². The van der Waals surface area contributed by atoms with E-state index in [0.29, 0.717) is 21.4 Å². The van der Waals surface area contributed by atoms with E-state index in [4.69, 9.17) is 16.6 Å². The van der Waals surface area contributed by atoms with E-state index in [2.05, 4.69) is 10.2 Å². The highest BCUT2D eigenvalue weighted by molar-refractivity contribution is 7.99. The predicted molar refractivity (Wildman–Crippen MR) is 117 cm³/mol. The molecule has 6 heteroatoms. The van der Waals surface area contributed by atoms with Crippen molar-refractivity contribution in [3.8, 4) is 22.5 Å². The van der Waals surface area contributed by atoms with Crippen LogP contribution in [0.15, 0.2) is 90.1 Å². The summed E-state index contributed by atoms with van der Waals surface area (Å²) >= 11 is 7.16. The highest BCUT2D eigenvalue weighted by atomic mass is 35.5. The molecule has 0 saturated heterocycles. The van der Waals surface area contributed by atoms with Crippen molar-refractivity contribution in [1.29, 1.82) is 0 Å². The summed E-state index contributed by atoms with van der Waals surface area (Å²) in [5, 5.41) is 9.74. The molecule has 0 aliphatic carbocycles. The van der Waals surface area contributed by atoms with E-state index >= 15 is 0 Å². The van der Waals surface area contributed by atoms with Crippen LogP contribution in [0, 0.1) is 0 Å². The summed E-state index contributed by atoms with van der Waals surface area (Å²) < 4.78 is 0. The van der Waals surface area contributed by atoms with E-state index in [1.807, 2.05) is 60.7 Å². The van der Waals surface area contributed by atoms with Gasteiger partial charge in [0.2, 0.25) is 5.16 Å². The minimum atomic E-state index is -0.0105. The number of halogens is 1. The molecule has 1 aromatic heterocycles. The molecule has 0 N–H and O–H groups in total. The monoisotopic (exact) mass is 417 g/mol. The number of hydrogen-bond acceptors (Lipinski definition) is 5. The number of rotatable bonds is 6. The lowest BCUT2D eigenvalue weighted by Crippen LogP contribution is -2.04. The van der Waals surface area contributed by atoms with Crippen molar-refractivity contribution in [2.45, 2.75) is 5.16 Å². The molecule has 29 heavy (non-hydrogen) atoms. The number of aromatic nitrogens is 3. The average molecular weight is 418 g/mol. The van der Waals surface area contributed by atoms with Crippen molar-refractivity contribution < 1.29 is 4.79 Å². The van der Waals surface area contributed by atoms with Crippen molar-refractivity contribution in [3.05, 3.63) is 95.5 Å². The number of carbonyl (C=O) groups is 1. The Labute approximate surface area is 178 Å². The fraction of sp³-hybridized carbons (Fsp3) is 0.0435. The summed E-state index contributed by atoms with van der Waals surface area (Å²) in [6.45, 7) is 0. The maximum Gasteiger partial charge on any atom is 0.210 e. The van der Waals surface area contributed by atoms with Crippen LogP contribution in [0.2, 0.25) is 5.02 Å². The molecule has 1 heterocycles. The maximum absolute atomic E-state index is 12.4. The summed E-state index contributed by atoms with van der Waals surface area (Å²) in [6.07, 6.45) is 0. The summed E-state index contributed by atoms with van der Waals surface area (Å²) in [5.74, 6) is 0.214. The predicted octanol–water partition coefficient (Wildman–Crippen LogP) is 5.83. The largest absolute Gasteiger partial charge is 0.293 e. The number of ketones is 1. The van der Waals surface area contributed by atoms with Crippen molar-refractivity contribution in [3.63, 3.8) is 0 Å². The van der Waals surface area contributed by atoms with Crippen LogP contribution in [0.3, 0.4) is 0 Å². The van der Waals surface area contributed by atoms with Crippen molar-refractivity contribution in [2.24, 2.45) is 0 Å². The lowest BCUT2D eigenvalue weighted by atomic mass is 10.0. The van der Waals surface area contributed by atoms with Crippen LogP contribution in [0.25, 0.3) is 22.5 Å². The van der Waals surface area contributed by atoms with E-state index in [9.17, 15) is 4.79 Å². The molecule has 0 spiro atoms. The molecule has 0 aliphatic rings. The highest BCUT2D eigenvalue weighted by Crippen LogP contribution is 2.29. The fourth-order valence-corrected chi connectivity index (χ4v) is 3.62. The zero-order valence-corrected chi connectivity index (χ0v) is 16.9. The third-order valence-corrected chi connectivity index (χ3v) is 5.35. The van der Waals surface area contributed by atoms with Crippen LogP contribution in [0.1, 0.15) is 10.4 Å². The molecule has 4 rings (SSSR count). The molecule has 4 nitrogen and oxygen atoms in total. The van der Waals surface area contributed by atoms with Gasteiger partial charge in [-0.2, -0.15) is 0 Å². The van der Waals surface area contributed by atoms with Crippen LogP contribution >= 0.6 is 23.4 Å². The number of carbonyl (C=O) groups excluding carboxylic acids is 1. The molecule has 0 saturated carbocycles. The molecule has 0 radical (unpaired) electrons. The second kappa shape index (κ2) is 8.99. The van der Waals surface area contributed by atoms with Crippen molar-refractivity contribution in [1.82, 2.24) is 15.2 Å². The topological polar surface area (TPSA) is 55.7 Å². The Balaban J connectivity index is 1.62. The Morgan fingerprint density at radius 2 is 1.34 bits per heavy atom. The molecular weight excluding hydrogens is 402 g/mol. The van der Waals surface area contributed by atoms with Gasteiger partial charge in [-0.3, -0.25) is 4.79 Å². The van der Waals surface area contributed by atoms with Gasteiger partial charge >= 0.3 is 0 Å². The van der Waals surface area contributed by atoms with E-state index in [1.54, 1.807) is 24.3 Å². The Morgan fingerprint density at radius 1 is 0.759 bits per heavy atom. The van der Waals surface area contributed by atoms with Gasteiger partial charge in [0, 0.05) is 21.7 Å². The molecular formula is C23H16ClN3OS. The molecule has 4 aromatic rings. The van der Waals surface area contributed by atoms with Crippen LogP contribution < -0.4 is 0 Å². The lowest BCUT2D eigenvalue weighted by molar-refractivity contribution is 0.102. The summed E-state index contributed by atoms with van der Waals surface area (Å²) in [6, 6.07) is 26.6. The first kappa shape index (κ1) is 19.3. The molecule has 3 aromatic carbocycles. The Morgan fingerprint density at radius 3 is 1.97 bits per heavy atom. The smallest absolute Gasteiger partial charge is 0.210 e. The normalized spacial score (nSPS) is 10.7. The van der Waals surface area contributed by atoms with E-state index in [0.717, 1.165) is 16.8 Å². The summed E-state index contributed by atoms with van der Waals surface area (Å²) in [4.78, 5) is 17.1. The molecule has 0 unspecified atom stereocenters. The molecule has 0 bridgehead atoms. The van der Waals surface area contributed by atoms with Gasteiger partial charge in [0.1, 0.15) is 11.4 Å². The van der Waals surface area contributed by atoms with Gasteiger partial charge in [0.15, 0.2) is 5.78 Å². The third kappa shape index (κ3) is 4.70. The second-order valence-electron chi connectivity index (χ2n) is 6.24. The number of benzene rings is 3. The van der Waals surface area contributed by atoms with Gasteiger partial charge < -0.3 is 0 Å². The van der Waals surface area contributed by atoms with Crippen molar-refractivity contribution >= 4 is 29.1 Å². The number of Topliss-reactive ketones (excluding diaryl/α,β-unsaturated/α-hetero) is 1. The molecule has 0 fully saturated rings. The van der Waals surface area contributed by atoms with Gasteiger partial charge in [-0.15, -0.1) is 10.2 Å². The SMILES string of the molecule is O=C(CSc1nnc(-c2ccccc2)c(-c2ccccc2)n1)c1ccc(Cl)cc1. The first-order valence-corrected chi connectivity index (χ1v) is 10.3. The van der Waals surface area contributed by atoms with Gasteiger partial charge in [0.05, 0.1) is 5.75 Å². The summed E-state index contributed by atoms with van der Waals surface area (Å²) in [5.41, 5.74) is 3.96. The number of thioether (sulfide) groups is 1. The van der Waals surface area contributed by atoms with Crippen LogP contribution in [0.4, 0.5) is 0 Å². The van der Waals surface area contributed by atoms with Gasteiger partial charge in [0.25, 0.3) is 0 Å². The number of nitrogens with zero attached hydrogens (tertiary/aromatic N) is 3. The average Bonchev–Trinajstić information content (AvgIpc) is 2.79. The Bertz CT molecular complexity index is 1120. The molecule has 0 amide bonds. The van der Waals surface area contributed by atoms with Crippen LogP contribution in [-0.4, -0.2) is 26.7 Å². The Hall–Kier alpha value is -3.02.